The van der Waals surface area contributed by atoms with Gasteiger partial charge < -0.3 is 0 Å². The first-order valence-corrected chi connectivity index (χ1v) is 6.60. The second-order valence-corrected chi connectivity index (χ2v) is 4.64. The summed E-state index contributed by atoms with van der Waals surface area (Å²) in [5.74, 6) is 0.301. The van der Waals surface area contributed by atoms with Gasteiger partial charge in [0.05, 0.1) is 6.04 Å². The van der Waals surface area contributed by atoms with Crippen molar-refractivity contribution < 1.29 is 4.79 Å². The summed E-state index contributed by atoms with van der Waals surface area (Å²) in [5.41, 5.74) is 0. The number of likely N-dealkylation sites (tertiary alicyclic amines) is 1. The van der Waals surface area contributed by atoms with E-state index >= 15 is 0 Å². The van der Waals surface area contributed by atoms with Crippen molar-refractivity contribution in [1.29, 1.82) is 0 Å². The second kappa shape index (κ2) is 6.44. The summed E-state index contributed by atoms with van der Waals surface area (Å²) in [6, 6.07) is -0.0691. The predicted octanol–water partition coefficient (Wildman–Crippen LogP) is 0.793. The summed E-state index contributed by atoms with van der Waals surface area (Å²) in [6.45, 7) is 4.11. The molecule has 0 aliphatic carbocycles. The number of aromatic nitrogens is 4. The Bertz CT molecular complexity index is 360. The maximum absolute atomic E-state index is 12.2. The van der Waals surface area contributed by atoms with E-state index in [2.05, 4.69) is 37.8 Å². The third-order valence-corrected chi connectivity index (χ3v) is 3.28. The van der Waals surface area contributed by atoms with Gasteiger partial charge in [-0.1, -0.05) is 24.9 Å². The molecule has 1 aromatic heterocycles. The predicted molar refractivity (Wildman–Crippen MR) is 66.9 cm³/mol. The number of anilines is 1. The topological polar surface area (TPSA) is 86.8 Å². The van der Waals surface area contributed by atoms with E-state index in [0.717, 1.165) is 25.9 Å². The van der Waals surface area contributed by atoms with E-state index in [0.29, 0.717) is 5.95 Å². The summed E-state index contributed by atoms with van der Waals surface area (Å²) >= 11 is 0. The normalized spacial score (nSPS) is 18.5. The van der Waals surface area contributed by atoms with Crippen LogP contribution in [-0.2, 0) is 4.79 Å². The Kier molecular flexibility index (Phi) is 4.63. The zero-order valence-electron chi connectivity index (χ0n) is 10.7. The molecule has 1 amide bonds. The van der Waals surface area contributed by atoms with Crippen molar-refractivity contribution in [2.24, 2.45) is 0 Å². The number of hydrogen-bond donors (Lipinski definition) is 2. The number of tetrazole rings is 1. The minimum Gasteiger partial charge on any atom is -0.292 e. The van der Waals surface area contributed by atoms with Crippen LogP contribution in [-0.4, -0.2) is 50.6 Å². The van der Waals surface area contributed by atoms with Gasteiger partial charge in [-0.3, -0.25) is 15.0 Å². The summed E-state index contributed by atoms with van der Waals surface area (Å²) in [6.07, 6.45) is 5.48. The molecule has 2 rings (SSSR count). The van der Waals surface area contributed by atoms with E-state index in [9.17, 15) is 4.79 Å². The number of piperidine rings is 1. The molecule has 18 heavy (non-hydrogen) atoms. The molecule has 0 radical (unpaired) electrons. The third-order valence-electron chi connectivity index (χ3n) is 3.28. The highest BCUT2D eigenvalue weighted by molar-refractivity contribution is 5.93. The van der Waals surface area contributed by atoms with Crippen LogP contribution in [0.15, 0.2) is 0 Å². The summed E-state index contributed by atoms with van der Waals surface area (Å²) in [4.78, 5) is 14.5. The van der Waals surface area contributed by atoms with Crippen molar-refractivity contribution in [2.45, 2.75) is 45.1 Å². The lowest BCUT2D eigenvalue weighted by atomic mass is 10.0. The molecule has 1 fully saturated rings. The zero-order valence-corrected chi connectivity index (χ0v) is 10.7. The molecule has 2 heterocycles. The van der Waals surface area contributed by atoms with Gasteiger partial charge in [0.2, 0.25) is 11.9 Å². The molecule has 100 valence electrons. The SMILES string of the molecule is CCCC(C(=O)Nc1nnn[nH]1)N1CCCCC1. The number of H-pyrrole nitrogens is 1. The molecule has 1 aliphatic rings. The molecule has 0 saturated carbocycles. The number of carbonyl (C=O) groups excluding carboxylic acids is 1. The number of nitrogens with one attached hydrogen (secondary N) is 2. The van der Waals surface area contributed by atoms with Gasteiger partial charge in [-0.05, 0) is 42.8 Å². The van der Waals surface area contributed by atoms with Gasteiger partial charge in [-0.25, -0.2) is 5.10 Å². The van der Waals surface area contributed by atoms with Crippen LogP contribution in [0.2, 0.25) is 0 Å². The van der Waals surface area contributed by atoms with Crippen molar-refractivity contribution in [1.82, 2.24) is 25.5 Å². The Labute approximate surface area is 106 Å². The summed E-state index contributed by atoms with van der Waals surface area (Å²) in [5, 5.41) is 15.8. The highest BCUT2D eigenvalue weighted by Gasteiger charge is 2.26. The van der Waals surface area contributed by atoms with Crippen molar-refractivity contribution >= 4 is 11.9 Å². The molecule has 7 nitrogen and oxygen atoms in total. The highest BCUT2D eigenvalue weighted by atomic mass is 16.2. The second-order valence-electron chi connectivity index (χ2n) is 4.64. The van der Waals surface area contributed by atoms with Crippen LogP contribution >= 0.6 is 0 Å². The molecule has 0 spiro atoms. The fourth-order valence-corrected chi connectivity index (χ4v) is 2.40. The first-order chi connectivity index (χ1) is 8.81. The van der Waals surface area contributed by atoms with Crippen LogP contribution in [0.1, 0.15) is 39.0 Å². The van der Waals surface area contributed by atoms with E-state index in [1.165, 1.54) is 19.3 Å². The lowest BCUT2D eigenvalue weighted by Gasteiger charge is -2.33. The molecule has 1 aliphatic heterocycles. The molecule has 1 atom stereocenters. The number of nitrogens with zero attached hydrogens (tertiary/aromatic N) is 4. The maximum atomic E-state index is 12.2. The number of hydrogen-bond acceptors (Lipinski definition) is 5. The van der Waals surface area contributed by atoms with Crippen LogP contribution in [0.5, 0.6) is 0 Å². The van der Waals surface area contributed by atoms with Gasteiger partial charge in [0.15, 0.2) is 0 Å². The molecule has 7 heteroatoms. The van der Waals surface area contributed by atoms with Crippen molar-refractivity contribution in [3.63, 3.8) is 0 Å². The molecule has 2 N–H and O–H groups in total. The summed E-state index contributed by atoms with van der Waals surface area (Å²) < 4.78 is 0. The Morgan fingerprint density at radius 2 is 2.22 bits per heavy atom. The first-order valence-electron chi connectivity index (χ1n) is 6.60. The van der Waals surface area contributed by atoms with Crippen LogP contribution in [0.4, 0.5) is 5.95 Å². The van der Waals surface area contributed by atoms with E-state index in [1.54, 1.807) is 0 Å². The zero-order chi connectivity index (χ0) is 12.8. The van der Waals surface area contributed by atoms with E-state index < -0.39 is 0 Å². The van der Waals surface area contributed by atoms with Gasteiger partial charge in [-0.2, -0.15) is 0 Å². The Balaban J connectivity index is 1.97. The minimum atomic E-state index is -0.0691. The monoisotopic (exact) mass is 252 g/mol. The van der Waals surface area contributed by atoms with E-state index in [4.69, 9.17) is 0 Å². The van der Waals surface area contributed by atoms with Gasteiger partial charge in [0.1, 0.15) is 0 Å². The Morgan fingerprint density at radius 3 is 2.83 bits per heavy atom. The highest BCUT2D eigenvalue weighted by Crippen LogP contribution is 2.16. The van der Waals surface area contributed by atoms with Crippen molar-refractivity contribution in [3.05, 3.63) is 0 Å². The smallest absolute Gasteiger partial charge is 0.246 e. The van der Waals surface area contributed by atoms with Crippen LogP contribution < -0.4 is 5.32 Å². The van der Waals surface area contributed by atoms with Crippen molar-refractivity contribution in [2.75, 3.05) is 18.4 Å². The Hall–Kier alpha value is -1.50. The van der Waals surface area contributed by atoms with Gasteiger partial charge in [0, 0.05) is 0 Å². The Morgan fingerprint density at radius 1 is 1.44 bits per heavy atom. The fraction of sp³-hybridized carbons (Fsp3) is 0.818. The largest absolute Gasteiger partial charge is 0.292 e. The average molecular weight is 252 g/mol. The molecule has 1 saturated heterocycles. The van der Waals surface area contributed by atoms with Crippen molar-refractivity contribution in [3.8, 4) is 0 Å². The molecule has 1 aromatic rings. The number of carbonyl (C=O) groups is 1. The number of rotatable bonds is 5. The molecular weight excluding hydrogens is 232 g/mol. The molecular formula is C11H20N6O. The maximum Gasteiger partial charge on any atom is 0.246 e. The quantitative estimate of drug-likeness (QED) is 0.809. The number of aromatic amines is 1. The lowest BCUT2D eigenvalue weighted by Crippen LogP contribution is -2.46. The molecule has 0 aromatic carbocycles. The molecule has 0 bridgehead atoms. The minimum absolute atomic E-state index is 0.0164. The summed E-state index contributed by atoms with van der Waals surface area (Å²) in [7, 11) is 0. The van der Waals surface area contributed by atoms with Gasteiger partial charge in [0.25, 0.3) is 0 Å². The standard InChI is InChI=1S/C11H20N6O/c1-2-6-9(17-7-4-3-5-8-17)10(18)12-11-13-15-16-14-11/h9H,2-8H2,1H3,(H2,12,13,14,15,16,18). The van der Waals surface area contributed by atoms with Crippen LogP contribution in [0.25, 0.3) is 0 Å². The van der Waals surface area contributed by atoms with Gasteiger partial charge >= 0.3 is 0 Å². The number of amides is 1. The average Bonchev–Trinajstić information content (AvgIpc) is 2.89. The van der Waals surface area contributed by atoms with E-state index in [-0.39, 0.29) is 11.9 Å². The van der Waals surface area contributed by atoms with Gasteiger partial charge in [-0.15, -0.1) is 0 Å². The fourth-order valence-electron chi connectivity index (χ4n) is 2.40. The first kappa shape index (κ1) is 12.9. The van der Waals surface area contributed by atoms with Crippen LogP contribution in [0.3, 0.4) is 0 Å². The third kappa shape index (κ3) is 3.25. The van der Waals surface area contributed by atoms with E-state index in [1.807, 2.05) is 0 Å². The van der Waals surface area contributed by atoms with Crippen LogP contribution in [0, 0.1) is 0 Å². The molecule has 1 unspecified atom stereocenters. The lowest BCUT2D eigenvalue weighted by molar-refractivity contribution is -0.122.